The van der Waals surface area contributed by atoms with Crippen molar-refractivity contribution in [1.82, 2.24) is 0 Å². The standard InChI is InChI=1S/C14H16O/c1-4-11-7-13(15)8-12-6-5-9(2)10(3)14(11)12/h5-8,15H,4H2,1-3H3. The van der Waals surface area contributed by atoms with Gasteiger partial charge in [0.1, 0.15) is 5.75 Å². The molecule has 0 atom stereocenters. The normalized spacial score (nSPS) is 10.9. The molecule has 0 aliphatic heterocycles. The van der Waals surface area contributed by atoms with Crippen LogP contribution in [0.3, 0.4) is 0 Å². The molecule has 1 nitrogen and oxygen atoms in total. The third-order valence-electron chi connectivity index (χ3n) is 3.10. The predicted octanol–water partition coefficient (Wildman–Crippen LogP) is 3.72. The highest BCUT2D eigenvalue weighted by molar-refractivity contribution is 5.90. The van der Waals surface area contributed by atoms with Gasteiger partial charge in [-0.15, -0.1) is 0 Å². The molecule has 0 amide bonds. The van der Waals surface area contributed by atoms with Gasteiger partial charge in [-0.05, 0) is 59.9 Å². The van der Waals surface area contributed by atoms with E-state index in [4.69, 9.17) is 0 Å². The zero-order chi connectivity index (χ0) is 11.0. The van der Waals surface area contributed by atoms with Gasteiger partial charge in [-0.1, -0.05) is 19.1 Å². The molecule has 0 spiro atoms. The van der Waals surface area contributed by atoms with Crippen molar-refractivity contribution >= 4 is 10.8 Å². The molecule has 0 bridgehead atoms. The van der Waals surface area contributed by atoms with Gasteiger partial charge in [-0.25, -0.2) is 0 Å². The quantitative estimate of drug-likeness (QED) is 0.743. The van der Waals surface area contributed by atoms with Crippen LogP contribution in [0, 0.1) is 13.8 Å². The summed E-state index contributed by atoms with van der Waals surface area (Å²) in [5.41, 5.74) is 3.86. The smallest absolute Gasteiger partial charge is 0.116 e. The first kappa shape index (κ1) is 10.0. The van der Waals surface area contributed by atoms with E-state index in [-0.39, 0.29) is 0 Å². The van der Waals surface area contributed by atoms with Crippen LogP contribution in [0.25, 0.3) is 10.8 Å². The molecular formula is C14H16O. The number of phenols is 1. The van der Waals surface area contributed by atoms with E-state index in [1.165, 1.54) is 22.1 Å². The Balaban J connectivity index is 2.91. The van der Waals surface area contributed by atoms with E-state index in [9.17, 15) is 5.11 Å². The maximum Gasteiger partial charge on any atom is 0.116 e. The van der Waals surface area contributed by atoms with Crippen molar-refractivity contribution in [3.63, 3.8) is 0 Å². The van der Waals surface area contributed by atoms with Crippen LogP contribution in [0.15, 0.2) is 24.3 Å². The summed E-state index contributed by atoms with van der Waals surface area (Å²) in [4.78, 5) is 0. The van der Waals surface area contributed by atoms with Crippen LogP contribution in [0.4, 0.5) is 0 Å². The van der Waals surface area contributed by atoms with Gasteiger partial charge in [0.25, 0.3) is 0 Å². The van der Waals surface area contributed by atoms with Gasteiger partial charge in [-0.3, -0.25) is 0 Å². The second kappa shape index (κ2) is 3.58. The molecular weight excluding hydrogens is 184 g/mol. The van der Waals surface area contributed by atoms with Gasteiger partial charge in [0.2, 0.25) is 0 Å². The number of aryl methyl sites for hydroxylation is 3. The van der Waals surface area contributed by atoms with Crippen molar-refractivity contribution in [2.24, 2.45) is 0 Å². The molecule has 1 N–H and O–H groups in total. The Hall–Kier alpha value is -1.50. The molecule has 1 heteroatoms. The van der Waals surface area contributed by atoms with E-state index >= 15 is 0 Å². The number of hydrogen-bond donors (Lipinski definition) is 1. The minimum absolute atomic E-state index is 0.364. The molecule has 0 saturated heterocycles. The lowest BCUT2D eigenvalue weighted by atomic mass is 9.95. The molecule has 2 aromatic carbocycles. The van der Waals surface area contributed by atoms with Gasteiger partial charge >= 0.3 is 0 Å². The minimum atomic E-state index is 0.364. The van der Waals surface area contributed by atoms with E-state index in [1.807, 2.05) is 12.1 Å². The van der Waals surface area contributed by atoms with Crippen LogP contribution in [-0.2, 0) is 6.42 Å². The van der Waals surface area contributed by atoms with Crippen LogP contribution in [0.2, 0.25) is 0 Å². The maximum atomic E-state index is 9.60. The summed E-state index contributed by atoms with van der Waals surface area (Å²) in [6.07, 6.45) is 0.954. The van der Waals surface area contributed by atoms with E-state index in [0.717, 1.165) is 11.8 Å². The van der Waals surface area contributed by atoms with Crippen molar-refractivity contribution in [2.75, 3.05) is 0 Å². The zero-order valence-corrected chi connectivity index (χ0v) is 9.46. The minimum Gasteiger partial charge on any atom is -0.508 e. The zero-order valence-electron chi connectivity index (χ0n) is 9.46. The van der Waals surface area contributed by atoms with Crippen LogP contribution in [-0.4, -0.2) is 5.11 Å². The molecule has 0 saturated carbocycles. The number of rotatable bonds is 1. The van der Waals surface area contributed by atoms with Crippen molar-refractivity contribution in [2.45, 2.75) is 27.2 Å². The molecule has 0 aromatic heterocycles. The Morgan fingerprint density at radius 3 is 2.53 bits per heavy atom. The van der Waals surface area contributed by atoms with Gasteiger partial charge in [0.15, 0.2) is 0 Å². The summed E-state index contributed by atoms with van der Waals surface area (Å²) in [6.45, 7) is 6.39. The molecule has 0 fully saturated rings. The fourth-order valence-electron chi connectivity index (χ4n) is 2.11. The maximum absolute atomic E-state index is 9.60. The van der Waals surface area contributed by atoms with Gasteiger partial charge in [-0.2, -0.15) is 0 Å². The molecule has 15 heavy (non-hydrogen) atoms. The first-order valence-electron chi connectivity index (χ1n) is 5.35. The van der Waals surface area contributed by atoms with Gasteiger partial charge in [0.05, 0.1) is 0 Å². The Morgan fingerprint density at radius 2 is 1.87 bits per heavy atom. The molecule has 0 unspecified atom stereocenters. The van der Waals surface area contributed by atoms with Crippen LogP contribution in [0.5, 0.6) is 5.75 Å². The van der Waals surface area contributed by atoms with Crippen molar-refractivity contribution in [3.8, 4) is 5.75 Å². The van der Waals surface area contributed by atoms with Crippen molar-refractivity contribution in [1.29, 1.82) is 0 Å². The van der Waals surface area contributed by atoms with Crippen LogP contribution < -0.4 is 0 Å². The number of benzene rings is 2. The van der Waals surface area contributed by atoms with E-state index in [1.54, 1.807) is 0 Å². The number of phenolic OH excluding ortho intramolecular Hbond substituents is 1. The van der Waals surface area contributed by atoms with Crippen molar-refractivity contribution < 1.29 is 5.11 Å². The summed E-state index contributed by atoms with van der Waals surface area (Å²) >= 11 is 0. The fourth-order valence-corrected chi connectivity index (χ4v) is 2.11. The SMILES string of the molecule is CCc1cc(O)cc2ccc(C)c(C)c12. The Labute approximate surface area is 90.4 Å². The fraction of sp³-hybridized carbons (Fsp3) is 0.286. The second-order valence-electron chi connectivity index (χ2n) is 4.06. The summed E-state index contributed by atoms with van der Waals surface area (Å²) in [5, 5.41) is 12.0. The third kappa shape index (κ3) is 1.58. The Morgan fingerprint density at radius 1 is 1.13 bits per heavy atom. The lowest BCUT2D eigenvalue weighted by Crippen LogP contribution is -1.90. The highest BCUT2D eigenvalue weighted by Crippen LogP contribution is 2.29. The molecule has 2 aromatic rings. The molecule has 0 aliphatic rings. The van der Waals surface area contributed by atoms with Crippen LogP contribution >= 0.6 is 0 Å². The monoisotopic (exact) mass is 200 g/mol. The largest absolute Gasteiger partial charge is 0.508 e. The van der Waals surface area contributed by atoms with Crippen molar-refractivity contribution in [3.05, 3.63) is 41.0 Å². The summed E-state index contributed by atoms with van der Waals surface area (Å²) in [6, 6.07) is 7.89. The third-order valence-corrected chi connectivity index (χ3v) is 3.10. The molecule has 2 rings (SSSR count). The highest BCUT2D eigenvalue weighted by Gasteiger charge is 2.06. The Bertz CT molecular complexity index is 512. The van der Waals surface area contributed by atoms with Gasteiger partial charge in [0, 0.05) is 0 Å². The first-order chi connectivity index (χ1) is 7.13. The van der Waals surface area contributed by atoms with Crippen LogP contribution in [0.1, 0.15) is 23.6 Å². The van der Waals surface area contributed by atoms with E-state index in [2.05, 4.69) is 32.9 Å². The lowest BCUT2D eigenvalue weighted by molar-refractivity contribution is 0.475. The molecule has 78 valence electrons. The van der Waals surface area contributed by atoms with E-state index < -0.39 is 0 Å². The first-order valence-corrected chi connectivity index (χ1v) is 5.35. The van der Waals surface area contributed by atoms with E-state index in [0.29, 0.717) is 5.75 Å². The number of hydrogen-bond acceptors (Lipinski definition) is 1. The summed E-state index contributed by atoms with van der Waals surface area (Å²) < 4.78 is 0. The average molecular weight is 200 g/mol. The number of aromatic hydroxyl groups is 1. The number of fused-ring (bicyclic) bond motifs is 1. The second-order valence-corrected chi connectivity index (χ2v) is 4.06. The lowest BCUT2D eigenvalue weighted by Gasteiger charge is -2.10. The molecule has 0 aliphatic carbocycles. The topological polar surface area (TPSA) is 20.2 Å². The molecule has 0 heterocycles. The molecule has 0 radical (unpaired) electrons. The summed E-state index contributed by atoms with van der Waals surface area (Å²) in [5.74, 6) is 0.364. The summed E-state index contributed by atoms with van der Waals surface area (Å²) in [7, 11) is 0. The highest BCUT2D eigenvalue weighted by atomic mass is 16.3. The Kier molecular flexibility index (Phi) is 2.39. The predicted molar refractivity (Wildman–Crippen MR) is 64.5 cm³/mol. The average Bonchev–Trinajstić information content (AvgIpc) is 2.22. The van der Waals surface area contributed by atoms with Gasteiger partial charge < -0.3 is 5.11 Å².